The van der Waals surface area contributed by atoms with Crippen molar-refractivity contribution in [3.8, 4) is 17.2 Å². The quantitative estimate of drug-likeness (QED) is 0.0488. The number of hydrogen-bond acceptors (Lipinski definition) is 9. The molecular weight excluding hydrogens is 709 g/mol. The Hall–Kier alpha value is -5.08. The van der Waals surface area contributed by atoms with Crippen molar-refractivity contribution in [3.05, 3.63) is 137 Å². The van der Waals surface area contributed by atoms with Crippen molar-refractivity contribution < 1.29 is 49.7 Å². The van der Waals surface area contributed by atoms with Crippen molar-refractivity contribution in [1.29, 1.82) is 0 Å². The fourth-order valence-electron chi connectivity index (χ4n) is 5.23. The summed E-state index contributed by atoms with van der Waals surface area (Å²) in [5.74, 6) is -0.383. The van der Waals surface area contributed by atoms with Gasteiger partial charge in [0.1, 0.15) is 38.4 Å². The standard InChI is InChI=1S/C39H40O11S2/c1-7-9-10-26(5)50-39(6,8-2)33-21-15-29(23-35(33)51(42,43)44)38(41)30-16-22-34(36(24-30)52(45,46)47)49-32-19-13-28(14-20-32)37(40)27-11-17-31(18-12-27)48-25(3)4/h9-25H,5,7-8H2,1-4,6H3,(H,42,43,44)(H,45,46,47)/b10-9-/t39-/m1/s1. The number of benzene rings is 4. The zero-order valence-corrected chi connectivity index (χ0v) is 31.0. The number of ketones is 2. The van der Waals surface area contributed by atoms with Gasteiger partial charge in [0.2, 0.25) is 0 Å². The van der Waals surface area contributed by atoms with E-state index in [1.165, 1.54) is 42.5 Å². The summed E-state index contributed by atoms with van der Waals surface area (Å²) < 4.78 is 87.6. The molecule has 11 nitrogen and oxygen atoms in total. The Labute approximate surface area is 304 Å². The van der Waals surface area contributed by atoms with Crippen LogP contribution in [0.1, 0.15) is 84.9 Å². The number of hydrogen-bond donors (Lipinski definition) is 2. The first-order valence-electron chi connectivity index (χ1n) is 16.3. The van der Waals surface area contributed by atoms with Crippen LogP contribution in [0.4, 0.5) is 0 Å². The molecule has 0 amide bonds. The summed E-state index contributed by atoms with van der Waals surface area (Å²) in [5.41, 5.74) is -0.859. The van der Waals surface area contributed by atoms with Gasteiger partial charge < -0.3 is 14.2 Å². The molecule has 4 rings (SSSR count). The van der Waals surface area contributed by atoms with Crippen LogP contribution in [0.15, 0.2) is 119 Å². The number of allylic oxidation sites excluding steroid dienone is 2. The molecule has 274 valence electrons. The first-order chi connectivity index (χ1) is 24.4. The van der Waals surface area contributed by atoms with Crippen LogP contribution < -0.4 is 9.47 Å². The highest BCUT2D eigenvalue weighted by molar-refractivity contribution is 7.86. The third-order valence-corrected chi connectivity index (χ3v) is 9.75. The highest BCUT2D eigenvalue weighted by atomic mass is 32.2. The first-order valence-corrected chi connectivity index (χ1v) is 19.2. The summed E-state index contributed by atoms with van der Waals surface area (Å²) in [6, 6.07) is 19.5. The molecule has 0 aliphatic rings. The minimum atomic E-state index is -4.95. The van der Waals surface area contributed by atoms with Crippen LogP contribution in [0.2, 0.25) is 0 Å². The Morgan fingerprint density at radius 2 is 1.23 bits per heavy atom. The lowest BCUT2D eigenvalue weighted by atomic mass is 9.90. The average molecular weight is 749 g/mol. The Morgan fingerprint density at radius 3 is 1.73 bits per heavy atom. The van der Waals surface area contributed by atoms with Crippen molar-refractivity contribution in [2.24, 2.45) is 0 Å². The van der Waals surface area contributed by atoms with E-state index in [4.69, 9.17) is 14.2 Å². The van der Waals surface area contributed by atoms with Crippen LogP contribution in [0.3, 0.4) is 0 Å². The molecule has 0 unspecified atom stereocenters. The van der Waals surface area contributed by atoms with E-state index >= 15 is 0 Å². The van der Waals surface area contributed by atoms with Gasteiger partial charge in [-0.25, -0.2) is 0 Å². The fraction of sp³-hybridized carbons (Fsp3) is 0.231. The molecule has 2 N–H and O–H groups in total. The largest absolute Gasteiger partial charge is 0.491 e. The summed E-state index contributed by atoms with van der Waals surface area (Å²) in [6.45, 7) is 12.9. The molecule has 13 heteroatoms. The van der Waals surface area contributed by atoms with E-state index in [-0.39, 0.29) is 52.3 Å². The lowest BCUT2D eigenvalue weighted by Crippen LogP contribution is -2.27. The molecular formula is C39H40O11S2. The van der Waals surface area contributed by atoms with Gasteiger partial charge in [0, 0.05) is 27.8 Å². The molecule has 0 bridgehead atoms. The van der Waals surface area contributed by atoms with Crippen molar-refractivity contribution >= 4 is 31.8 Å². The van der Waals surface area contributed by atoms with Crippen molar-refractivity contribution in [1.82, 2.24) is 0 Å². The second kappa shape index (κ2) is 16.1. The van der Waals surface area contributed by atoms with Gasteiger partial charge in [-0.15, -0.1) is 0 Å². The van der Waals surface area contributed by atoms with E-state index in [0.717, 1.165) is 18.2 Å². The Morgan fingerprint density at radius 1 is 0.750 bits per heavy atom. The SMILES string of the molecule is C=C(/C=C\CC)O[C@](C)(CC)c1ccc(C(=O)c2ccc(Oc3ccc(C(=O)c4ccc(OC(C)C)cc4)cc3)c(S(=O)(=O)O)c2)cc1S(=O)(=O)O. The Balaban J connectivity index is 1.62. The second-order valence-corrected chi connectivity index (χ2v) is 15.0. The van der Waals surface area contributed by atoms with E-state index < -0.39 is 41.4 Å². The summed E-state index contributed by atoms with van der Waals surface area (Å²) in [6.07, 6.45) is 4.41. The van der Waals surface area contributed by atoms with Crippen LogP contribution in [-0.4, -0.2) is 43.6 Å². The van der Waals surface area contributed by atoms with Gasteiger partial charge in [-0.2, -0.15) is 16.8 Å². The van der Waals surface area contributed by atoms with E-state index in [1.54, 1.807) is 44.2 Å². The third kappa shape index (κ3) is 9.62. The second-order valence-electron chi connectivity index (χ2n) is 12.3. The smallest absolute Gasteiger partial charge is 0.298 e. The molecule has 0 fully saturated rings. The predicted octanol–water partition coefficient (Wildman–Crippen LogP) is 8.34. The van der Waals surface area contributed by atoms with Crippen molar-refractivity contribution in [3.63, 3.8) is 0 Å². The third-order valence-electron chi connectivity index (χ3n) is 7.98. The topological polar surface area (TPSA) is 171 Å². The zero-order chi connectivity index (χ0) is 38.4. The van der Waals surface area contributed by atoms with Gasteiger partial charge in [0.05, 0.1) is 6.10 Å². The molecule has 0 aromatic heterocycles. The highest BCUT2D eigenvalue weighted by Crippen LogP contribution is 2.37. The minimum Gasteiger partial charge on any atom is -0.491 e. The minimum absolute atomic E-state index is 0.0195. The van der Waals surface area contributed by atoms with E-state index in [9.17, 15) is 35.5 Å². The highest BCUT2D eigenvalue weighted by Gasteiger charge is 2.34. The molecule has 0 aliphatic heterocycles. The molecule has 0 saturated heterocycles. The molecule has 52 heavy (non-hydrogen) atoms. The van der Waals surface area contributed by atoms with Crippen molar-refractivity contribution in [2.75, 3.05) is 0 Å². The Kier molecular flexibility index (Phi) is 12.3. The maximum atomic E-state index is 13.6. The van der Waals surface area contributed by atoms with Crippen LogP contribution in [0, 0.1) is 0 Å². The summed E-state index contributed by atoms with van der Waals surface area (Å²) in [5, 5.41) is 0. The molecule has 4 aromatic carbocycles. The van der Waals surface area contributed by atoms with Crippen molar-refractivity contribution in [2.45, 2.75) is 69.0 Å². The van der Waals surface area contributed by atoms with Gasteiger partial charge in [-0.05, 0) is 112 Å². The predicted molar refractivity (Wildman–Crippen MR) is 195 cm³/mol. The summed E-state index contributed by atoms with van der Waals surface area (Å²) in [7, 11) is -9.83. The van der Waals surface area contributed by atoms with Gasteiger partial charge in [-0.1, -0.05) is 38.6 Å². The summed E-state index contributed by atoms with van der Waals surface area (Å²) in [4.78, 5) is 25.3. The molecule has 0 saturated carbocycles. The van der Waals surface area contributed by atoms with Crippen LogP contribution in [-0.2, 0) is 30.6 Å². The van der Waals surface area contributed by atoms with Crippen LogP contribution in [0.25, 0.3) is 0 Å². The van der Waals surface area contributed by atoms with E-state index in [1.807, 2.05) is 26.8 Å². The molecule has 1 atom stereocenters. The monoisotopic (exact) mass is 748 g/mol. The van der Waals surface area contributed by atoms with Gasteiger partial charge in [0.25, 0.3) is 20.2 Å². The Bertz CT molecular complexity index is 2220. The fourth-order valence-corrected chi connectivity index (χ4v) is 6.71. The van der Waals surface area contributed by atoms with Gasteiger partial charge in [0.15, 0.2) is 11.6 Å². The molecule has 0 spiro atoms. The van der Waals surface area contributed by atoms with Gasteiger partial charge in [-0.3, -0.25) is 18.7 Å². The molecule has 0 radical (unpaired) electrons. The maximum absolute atomic E-state index is 13.6. The normalized spacial score (nSPS) is 13.1. The number of rotatable bonds is 16. The van der Waals surface area contributed by atoms with E-state index in [0.29, 0.717) is 23.3 Å². The number of carbonyl (C=O) groups excluding carboxylic acids is 2. The lowest BCUT2D eigenvalue weighted by Gasteiger charge is -2.32. The molecule has 4 aromatic rings. The van der Waals surface area contributed by atoms with E-state index in [2.05, 4.69) is 6.58 Å². The first kappa shape index (κ1) is 39.7. The number of carbonyl (C=O) groups is 2. The molecule has 0 heterocycles. The summed E-state index contributed by atoms with van der Waals surface area (Å²) >= 11 is 0. The zero-order valence-electron chi connectivity index (χ0n) is 29.3. The van der Waals surface area contributed by atoms with Crippen LogP contribution in [0.5, 0.6) is 17.2 Å². The maximum Gasteiger partial charge on any atom is 0.298 e. The van der Waals surface area contributed by atoms with Crippen LogP contribution >= 0.6 is 0 Å². The van der Waals surface area contributed by atoms with Gasteiger partial charge >= 0.3 is 0 Å². The average Bonchev–Trinajstić information content (AvgIpc) is 3.09. The molecule has 0 aliphatic carbocycles. The number of ether oxygens (including phenoxy) is 3. The lowest BCUT2D eigenvalue weighted by molar-refractivity contribution is 0.0154.